The number of amides is 1. The van der Waals surface area contributed by atoms with E-state index in [1.54, 1.807) is 19.2 Å². The first-order chi connectivity index (χ1) is 12.3. The van der Waals surface area contributed by atoms with E-state index in [1.807, 2.05) is 24.3 Å². The number of benzene rings is 2. The Kier molecular flexibility index (Phi) is 4.09. The lowest BCUT2D eigenvalue weighted by atomic mass is 10.00. The molecule has 0 radical (unpaired) electrons. The Hall–Kier alpha value is -2.89. The summed E-state index contributed by atoms with van der Waals surface area (Å²) >= 11 is 0. The molecule has 2 aromatic rings. The quantitative estimate of drug-likeness (QED) is 0.930. The van der Waals surface area contributed by atoms with Crippen LogP contribution in [0.1, 0.15) is 28.4 Å². The van der Waals surface area contributed by atoms with E-state index in [2.05, 4.69) is 5.32 Å². The van der Waals surface area contributed by atoms with Crippen molar-refractivity contribution in [1.29, 1.82) is 0 Å². The molecule has 130 valence electrons. The van der Waals surface area contributed by atoms with Gasteiger partial charge in [-0.05, 0) is 18.2 Å². The molecule has 1 unspecified atom stereocenters. The van der Waals surface area contributed by atoms with Crippen molar-refractivity contribution < 1.29 is 23.7 Å². The third-order valence-corrected chi connectivity index (χ3v) is 4.35. The minimum Gasteiger partial charge on any atom is -0.493 e. The maximum Gasteiger partial charge on any atom is 0.252 e. The van der Waals surface area contributed by atoms with Crippen molar-refractivity contribution in [2.24, 2.45) is 0 Å². The summed E-state index contributed by atoms with van der Waals surface area (Å²) in [4.78, 5) is 12.8. The monoisotopic (exact) mass is 341 g/mol. The highest BCUT2D eigenvalue weighted by Crippen LogP contribution is 2.40. The molecule has 2 aromatic carbocycles. The summed E-state index contributed by atoms with van der Waals surface area (Å²) in [6, 6.07) is 11.0. The Morgan fingerprint density at radius 1 is 1.08 bits per heavy atom. The summed E-state index contributed by atoms with van der Waals surface area (Å²) in [6.07, 6.45) is 0.727. The normalized spacial score (nSPS) is 17.9. The van der Waals surface area contributed by atoms with Crippen molar-refractivity contribution in [3.05, 3.63) is 47.5 Å². The van der Waals surface area contributed by atoms with E-state index in [0.717, 1.165) is 17.7 Å². The Balaban J connectivity index is 1.60. The van der Waals surface area contributed by atoms with E-state index in [-0.39, 0.29) is 11.9 Å². The van der Waals surface area contributed by atoms with Crippen LogP contribution in [0.25, 0.3) is 0 Å². The highest BCUT2D eigenvalue weighted by Gasteiger charge is 2.25. The van der Waals surface area contributed by atoms with Crippen LogP contribution in [0.15, 0.2) is 36.4 Å². The smallest absolute Gasteiger partial charge is 0.252 e. The largest absolute Gasteiger partial charge is 0.493 e. The second kappa shape index (κ2) is 6.55. The zero-order valence-corrected chi connectivity index (χ0v) is 13.9. The number of fused-ring (bicyclic) bond motifs is 2. The molecule has 0 bridgehead atoms. The second-order valence-corrected chi connectivity index (χ2v) is 5.90. The zero-order chi connectivity index (χ0) is 17.2. The van der Waals surface area contributed by atoms with Gasteiger partial charge < -0.3 is 24.3 Å². The first-order valence-electron chi connectivity index (χ1n) is 8.26. The summed E-state index contributed by atoms with van der Waals surface area (Å²) in [5.41, 5.74) is 1.47. The Morgan fingerprint density at radius 2 is 1.88 bits per heavy atom. The van der Waals surface area contributed by atoms with Crippen LogP contribution < -0.4 is 24.3 Å². The number of carbonyl (C=O) groups is 1. The van der Waals surface area contributed by atoms with E-state index < -0.39 is 0 Å². The van der Waals surface area contributed by atoms with Gasteiger partial charge in [0.05, 0.1) is 19.8 Å². The maximum absolute atomic E-state index is 12.8. The molecular weight excluding hydrogens is 322 g/mol. The molecule has 2 aliphatic heterocycles. The summed E-state index contributed by atoms with van der Waals surface area (Å²) in [5.74, 6) is 2.20. The number of nitrogens with one attached hydrogen (secondary N) is 1. The first kappa shape index (κ1) is 15.6. The van der Waals surface area contributed by atoms with Crippen LogP contribution in [0.5, 0.6) is 23.0 Å². The fourth-order valence-electron chi connectivity index (χ4n) is 3.14. The predicted molar refractivity (Wildman–Crippen MR) is 90.7 cm³/mol. The molecule has 6 heteroatoms. The standard InChI is InChI=1S/C19H19NO5/c1-22-16-10-12(11-17-18(16)25-9-8-24-17)19(21)20-14-6-7-23-15-5-3-2-4-13(14)15/h2-5,10-11,14H,6-9H2,1H3,(H,20,21). The van der Waals surface area contributed by atoms with Gasteiger partial charge in [0.1, 0.15) is 19.0 Å². The van der Waals surface area contributed by atoms with Gasteiger partial charge in [-0.25, -0.2) is 0 Å². The molecule has 0 fully saturated rings. The minimum absolute atomic E-state index is 0.0864. The third-order valence-electron chi connectivity index (χ3n) is 4.35. The van der Waals surface area contributed by atoms with Gasteiger partial charge in [-0.1, -0.05) is 18.2 Å². The highest BCUT2D eigenvalue weighted by molar-refractivity contribution is 5.96. The van der Waals surface area contributed by atoms with Crippen LogP contribution in [0.2, 0.25) is 0 Å². The summed E-state index contributed by atoms with van der Waals surface area (Å²) in [7, 11) is 1.55. The van der Waals surface area contributed by atoms with Gasteiger partial charge in [-0.15, -0.1) is 0 Å². The lowest BCUT2D eigenvalue weighted by Crippen LogP contribution is -2.32. The minimum atomic E-state index is -0.183. The number of hydrogen-bond donors (Lipinski definition) is 1. The van der Waals surface area contributed by atoms with Gasteiger partial charge in [0.2, 0.25) is 5.75 Å². The molecule has 2 heterocycles. The molecule has 6 nitrogen and oxygen atoms in total. The lowest BCUT2D eigenvalue weighted by molar-refractivity contribution is 0.0923. The summed E-state index contributed by atoms with van der Waals surface area (Å²) < 4.78 is 22.2. The number of methoxy groups -OCH3 is 1. The van der Waals surface area contributed by atoms with Crippen LogP contribution in [-0.2, 0) is 0 Å². The molecule has 0 aromatic heterocycles. The van der Waals surface area contributed by atoms with Crippen molar-refractivity contribution in [2.75, 3.05) is 26.9 Å². The van der Waals surface area contributed by atoms with E-state index in [9.17, 15) is 4.79 Å². The van der Waals surface area contributed by atoms with Crippen molar-refractivity contribution >= 4 is 5.91 Å². The molecule has 0 saturated heterocycles. The van der Waals surface area contributed by atoms with Crippen molar-refractivity contribution in [3.8, 4) is 23.0 Å². The van der Waals surface area contributed by atoms with Crippen molar-refractivity contribution in [2.45, 2.75) is 12.5 Å². The predicted octanol–water partition coefficient (Wildman–Crippen LogP) is 2.72. The fraction of sp³-hybridized carbons (Fsp3) is 0.316. The van der Waals surface area contributed by atoms with Crippen LogP contribution in [0.3, 0.4) is 0 Å². The second-order valence-electron chi connectivity index (χ2n) is 5.90. The summed E-state index contributed by atoms with van der Waals surface area (Å²) in [6.45, 7) is 1.49. The van der Waals surface area contributed by atoms with Crippen LogP contribution in [-0.4, -0.2) is 32.8 Å². The Labute approximate surface area is 145 Å². The Morgan fingerprint density at radius 3 is 2.76 bits per heavy atom. The number of ether oxygens (including phenoxy) is 4. The number of hydrogen-bond acceptors (Lipinski definition) is 5. The molecule has 0 saturated carbocycles. The highest BCUT2D eigenvalue weighted by atomic mass is 16.6. The summed E-state index contributed by atoms with van der Waals surface area (Å²) in [5, 5.41) is 3.08. The number of carbonyl (C=O) groups excluding carboxylic acids is 1. The van der Waals surface area contributed by atoms with Gasteiger partial charge in [-0.3, -0.25) is 4.79 Å². The molecule has 4 rings (SSSR count). The SMILES string of the molecule is COc1cc(C(=O)NC2CCOc3ccccc32)cc2c1OCCO2. The first-order valence-corrected chi connectivity index (χ1v) is 8.26. The van der Waals surface area contributed by atoms with Gasteiger partial charge in [0.25, 0.3) is 5.91 Å². The lowest BCUT2D eigenvalue weighted by Gasteiger charge is -2.27. The van der Waals surface area contributed by atoms with E-state index >= 15 is 0 Å². The van der Waals surface area contributed by atoms with Crippen molar-refractivity contribution in [1.82, 2.24) is 5.32 Å². The van der Waals surface area contributed by atoms with Gasteiger partial charge in [0, 0.05) is 17.5 Å². The maximum atomic E-state index is 12.8. The topological polar surface area (TPSA) is 66.0 Å². The number of para-hydroxylation sites is 1. The van der Waals surface area contributed by atoms with Gasteiger partial charge >= 0.3 is 0 Å². The van der Waals surface area contributed by atoms with E-state index in [0.29, 0.717) is 42.6 Å². The van der Waals surface area contributed by atoms with E-state index in [4.69, 9.17) is 18.9 Å². The van der Waals surface area contributed by atoms with Crippen molar-refractivity contribution in [3.63, 3.8) is 0 Å². The molecule has 0 aliphatic carbocycles. The molecule has 1 N–H and O–H groups in total. The third kappa shape index (κ3) is 2.95. The molecule has 1 atom stereocenters. The van der Waals surface area contributed by atoms with Gasteiger partial charge in [0.15, 0.2) is 11.5 Å². The zero-order valence-electron chi connectivity index (χ0n) is 13.9. The molecule has 25 heavy (non-hydrogen) atoms. The molecule has 2 aliphatic rings. The fourth-order valence-corrected chi connectivity index (χ4v) is 3.14. The van der Waals surface area contributed by atoms with Gasteiger partial charge in [-0.2, -0.15) is 0 Å². The molecular formula is C19H19NO5. The van der Waals surface area contributed by atoms with E-state index in [1.165, 1.54) is 0 Å². The molecule has 1 amide bonds. The average molecular weight is 341 g/mol. The number of rotatable bonds is 3. The molecule has 0 spiro atoms. The van der Waals surface area contributed by atoms with Crippen LogP contribution in [0.4, 0.5) is 0 Å². The van der Waals surface area contributed by atoms with Crippen LogP contribution >= 0.6 is 0 Å². The van der Waals surface area contributed by atoms with Crippen LogP contribution in [0, 0.1) is 0 Å². The Bertz CT molecular complexity index is 787. The average Bonchev–Trinajstić information content (AvgIpc) is 2.67.